The van der Waals surface area contributed by atoms with Crippen LogP contribution in [0.3, 0.4) is 0 Å². The molecule has 0 bridgehead atoms. The summed E-state index contributed by atoms with van der Waals surface area (Å²) in [4.78, 5) is 10.7. The topological polar surface area (TPSA) is 48.8 Å². The summed E-state index contributed by atoms with van der Waals surface area (Å²) >= 11 is 0. The third kappa shape index (κ3) is 3.93. The molecule has 17 rings (SSSR count). The van der Waals surface area contributed by atoms with Gasteiger partial charge in [-0.05, 0) is 186 Å². The van der Waals surface area contributed by atoms with Gasteiger partial charge in [0.1, 0.15) is 0 Å². The first kappa shape index (κ1) is 32.6. The fourth-order valence-electron chi connectivity index (χ4n) is 13.1. The van der Waals surface area contributed by atoms with Crippen LogP contribution < -0.4 is 21.3 Å². The lowest BCUT2D eigenvalue weighted by Crippen LogP contribution is -1.98. The summed E-state index contributed by atoms with van der Waals surface area (Å²) in [7, 11) is 0. The first-order valence-corrected chi connectivity index (χ1v) is 22.7. The van der Waals surface area contributed by atoms with Crippen molar-refractivity contribution < 1.29 is 0 Å². The zero-order chi connectivity index (χ0) is 41.1. The Labute approximate surface area is 365 Å². The average molecular weight is 811 g/mol. The van der Waals surface area contributed by atoms with Gasteiger partial charge >= 0.3 is 0 Å². The van der Waals surface area contributed by atoms with Crippen LogP contribution in [0.25, 0.3) is 86.2 Å². The minimum Gasteiger partial charge on any atom is -0.356 e. The normalized spacial score (nSPS) is 14.0. The summed E-state index contributed by atoms with van der Waals surface area (Å²) in [6, 6.07) is 53.7. The molecular formula is C60H34N4. The third-order valence-corrected chi connectivity index (χ3v) is 15.6. The fraction of sp³-hybridized carbons (Fsp3) is 0.0667. The SMILES string of the molecule is c1cc(Nc2ccc(Nc3ccc(N=c4c5ccc6c7c8c(ccc9c8c8c(ccc4c8c57)C9)C6)cc3)cc2)ccc1N=c1c2ccc3c4c5c(ccc6c5c5c(ccc1c5c24)C6)C3. The first-order chi connectivity index (χ1) is 31.7. The molecule has 0 amide bonds. The van der Waals surface area contributed by atoms with E-state index in [4.69, 9.17) is 9.98 Å². The lowest BCUT2D eigenvalue weighted by molar-refractivity contribution is 1.24. The molecule has 4 aliphatic carbocycles. The quantitative estimate of drug-likeness (QED) is 0.164. The van der Waals surface area contributed by atoms with Gasteiger partial charge in [0.2, 0.25) is 0 Å². The van der Waals surface area contributed by atoms with Gasteiger partial charge in [0.25, 0.3) is 0 Å². The Morgan fingerprint density at radius 3 is 0.719 bits per heavy atom. The molecule has 0 aliphatic heterocycles. The van der Waals surface area contributed by atoms with Crippen molar-refractivity contribution in [2.45, 2.75) is 25.7 Å². The molecule has 0 radical (unpaired) electrons. The highest BCUT2D eigenvalue weighted by atomic mass is 14.9. The van der Waals surface area contributed by atoms with Crippen molar-refractivity contribution in [2.24, 2.45) is 9.98 Å². The van der Waals surface area contributed by atoms with E-state index in [-0.39, 0.29) is 0 Å². The van der Waals surface area contributed by atoms with Crippen LogP contribution in [0.5, 0.6) is 0 Å². The Morgan fingerprint density at radius 2 is 0.453 bits per heavy atom. The Balaban J connectivity index is 0.652. The Hall–Kier alpha value is -8.08. The summed E-state index contributed by atoms with van der Waals surface area (Å²) in [5.74, 6) is 0. The van der Waals surface area contributed by atoms with E-state index < -0.39 is 0 Å². The predicted molar refractivity (Wildman–Crippen MR) is 265 cm³/mol. The highest BCUT2D eigenvalue weighted by molar-refractivity contribution is 6.40. The van der Waals surface area contributed by atoms with E-state index in [1.54, 1.807) is 0 Å². The zero-order valence-electron chi connectivity index (χ0n) is 34.6. The van der Waals surface area contributed by atoms with Crippen LogP contribution in [0.15, 0.2) is 156 Å². The molecule has 4 nitrogen and oxygen atoms in total. The molecule has 0 spiro atoms. The lowest BCUT2D eigenvalue weighted by Gasteiger charge is -2.10. The van der Waals surface area contributed by atoms with E-state index in [0.29, 0.717) is 0 Å². The number of nitrogens with one attached hydrogen (secondary N) is 2. The van der Waals surface area contributed by atoms with E-state index in [1.807, 2.05) is 0 Å². The van der Waals surface area contributed by atoms with E-state index >= 15 is 0 Å². The van der Waals surface area contributed by atoms with Gasteiger partial charge < -0.3 is 10.6 Å². The molecule has 13 aromatic carbocycles. The summed E-state index contributed by atoms with van der Waals surface area (Å²) in [6.45, 7) is 0. The van der Waals surface area contributed by atoms with Crippen LogP contribution in [-0.2, 0) is 25.7 Å². The van der Waals surface area contributed by atoms with Crippen LogP contribution in [0.2, 0.25) is 0 Å². The number of anilines is 4. The maximum Gasteiger partial charge on any atom is 0.0794 e. The lowest BCUT2D eigenvalue weighted by atomic mass is 9.95. The highest BCUT2D eigenvalue weighted by Crippen LogP contribution is 2.53. The van der Waals surface area contributed by atoms with Crippen LogP contribution in [0.1, 0.15) is 44.5 Å². The Kier molecular flexibility index (Phi) is 5.66. The highest BCUT2D eigenvalue weighted by Gasteiger charge is 2.31. The van der Waals surface area contributed by atoms with Gasteiger partial charge in [-0.3, -0.25) is 0 Å². The monoisotopic (exact) mass is 810 g/mol. The molecule has 2 N–H and O–H groups in total. The largest absolute Gasteiger partial charge is 0.356 e. The molecular weight excluding hydrogens is 777 g/mol. The number of hydrogen-bond acceptors (Lipinski definition) is 4. The predicted octanol–water partition coefficient (Wildman–Crippen LogP) is 14.2. The van der Waals surface area contributed by atoms with E-state index in [0.717, 1.165) is 70.5 Å². The second kappa shape index (κ2) is 11.1. The third-order valence-electron chi connectivity index (χ3n) is 15.6. The van der Waals surface area contributed by atoms with E-state index in [2.05, 4.69) is 156 Å². The molecule has 13 aromatic rings. The molecule has 0 unspecified atom stereocenters. The maximum absolute atomic E-state index is 5.35. The molecule has 0 heterocycles. The van der Waals surface area contributed by atoms with E-state index in [1.165, 1.54) is 131 Å². The van der Waals surface area contributed by atoms with Crippen molar-refractivity contribution in [1.29, 1.82) is 0 Å². The molecule has 0 fully saturated rings. The molecule has 294 valence electrons. The van der Waals surface area contributed by atoms with Crippen molar-refractivity contribution in [3.8, 4) is 0 Å². The molecule has 0 saturated carbocycles. The molecule has 0 aromatic heterocycles. The molecule has 4 aliphatic rings. The van der Waals surface area contributed by atoms with Crippen molar-refractivity contribution in [2.75, 3.05) is 10.6 Å². The van der Waals surface area contributed by atoms with Gasteiger partial charge in [-0.25, -0.2) is 9.98 Å². The van der Waals surface area contributed by atoms with Gasteiger partial charge in [-0.15, -0.1) is 0 Å². The van der Waals surface area contributed by atoms with Crippen LogP contribution in [0, 0.1) is 0 Å². The number of rotatable bonds is 6. The second-order valence-electron chi connectivity index (χ2n) is 18.9. The van der Waals surface area contributed by atoms with Crippen LogP contribution in [-0.4, -0.2) is 0 Å². The summed E-state index contributed by atoms with van der Waals surface area (Å²) in [6.07, 6.45) is 4.12. The standard InChI is InChI=1S/C60H34N4/c1-2-30-26-34-6-22-44-56-52(34)48(30)47-29(1)25-33-5-21-43(55(56)51(33)47)59(44)63-41-17-13-39(14-18-41)61-37-9-11-38(12-10-37)62-40-15-19-42(20-16-40)64-60-45-23-7-35-27-31-3-4-32-28-36-8-24-46(60)58-54(36)50(32)49(31)53(35)57(45)58/h1-24,61-62H,25-28H2. The molecule has 4 heteroatoms. The molecule has 0 atom stereocenters. The van der Waals surface area contributed by atoms with Crippen molar-refractivity contribution in [1.82, 2.24) is 0 Å². The van der Waals surface area contributed by atoms with E-state index in [9.17, 15) is 0 Å². The van der Waals surface area contributed by atoms with Gasteiger partial charge in [-0.2, -0.15) is 0 Å². The van der Waals surface area contributed by atoms with Crippen molar-refractivity contribution >= 4 is 120 Å². The minimum absolute atomic E-state index is 0.960. The van der Waals surface area contributed by atoms with Gasteiger partial charge in [0.15, 0.2) is 0 Å². The first-order valence-electron chi connectivity index (χ1n) is 22.7. The van der Waals surface area contributed by atoms with Crippen molar-refractivity contribution in [3.05, 3.63) is 201 Å². The maximum atomic E-state index is 5.35. The Morgan fingerprint density at radius 1 is 0.234 bits per heavy atom. The minimum atomic E-state index is 0.960. The number of nitrogens with zero attached hydrogens (tertiary/aromatic N) is 2. The average Bonchev–Trinajstić information content (AvgIpc) is 4.17. The zero-order valence-corrected chi connectivity index (χ0v) is 34.6. The molecule has 0 saturated heterocycles. The summed E-state index contributed by atoms with van der Waals surface area (Å²) in [5.41, 5.74) is 17.8. The summed E-state index contributed by atoms with van der Waals surface area (Å²) in [5, 5.41) is 32.0. The van der Waals surface area contributed by atoms with Crippen molar-refractivity contribution in [3.63, 3.8) is 0 Å². The Bertz CT molecular complexity index is 3940. The van der Waals surface area contributed by atoms with Gasteiger partial charge in [0.05, 0.1) is 22.1 Å². The van der Waals surface area contributed by atoms with Crippen LogP contribution in [0.4, 0.5) is 34.1 Å². The molecule has 64 heavy (non-hydrogen) atoms. The fourth-order valence-corrected chi connectivity index (χ4v) is 13.1. The van der Waals surface area contributed by atoms with Gasteiger partial charge in [-0.1, -0.05) is 72.8 Å². The smallest absolute Gasteiger partial charge is 0.0794 e. The van der Waals surface area contributed by atoms with Gasteiger partial charge in [0, 0.05) is 65.8 Å². The number of hydrogen-bond donors (Lipinski definition) is 2. The summed E-state index contributed by atoms with van der Waals surface area (Å²) < 4.78 is 0. The number of benzene rings is 11. The van der Waals surface area contributed by atoms with Crippen LogP contribution >= 0.6 is 0 Å². The second-order valence-corrected chi connectivity index (χ2v) is 18.9.